The molecule has 1 aliphatic heterocycles. The van der Waals surface area contributed by atoms with Crippen LogP contribution in [0, 0.1) is 13.8 Å². The molecule has 0 aliphatic carbocycles. The summed E-state index contributed by atoms with van der Waals surface area (Å²) in [5, 5.41) is 14.2. The molecular weight excluding hydrogens is 278 g/mol. The number of fused-ring (bicyclic) bond motifs is 1. The van der Waals surface area contributed by atoms with Crippen LogP contribution in [0.3, 0.4) is 0 Å². The minimum absolute atomic E-state index is 0.637. The summed E-state index contributed by atoms with van der Waals surface area (Å²) in [5.41, 5.74) is 5.09. The molecule has 2 heterocycles. The van der Waals surface area contributed by atoms with Crippen LogP contribution in [-0.2, 0) is 24.8 Å². The van der Waals surface area contributed by atoms with E-state index in [9.17, 15) is 9.90 Å². The summed E-state index contributed by atoms with van der Waals surface area (Å²) in [6, 6.07) is 7.63. The molecule has 1 atom stereocenters. The van der Waals surface area contributed by atoms with Gasteiger partial charge in [-0.2, -0.15) is 5.10 Å². The predicted octanol–water partition coefficient (Wildman–Crippen LogP) is 2.22. The number of aromatic nitrogens is 2. The first-order valence-electron chi connectivity index (χ1n) is 7.52. The number of nitrogens with zero attached hydrogens (tertiary/aromatic N) is 3. The molecular formula is C17H21N3O2. The smallest absolute Gasteiger partial charge is 0.325 e. The number of carboxylic acids is 1. The molecule has 0 radical (unpaired) electrons. The first-order valence-corrected chi connectivity index (χ1v) is 7.52. The number of benzene rings is 1. The molecule has 22 heavy (non-hydrogen) atoms. The third-order valence-electron chi connectivity index (χ3n) is 4.60. The number of hydrogen-bond donors (Lipinski definition) is 1. The van der Waals surface area contributed by atoms with Crippen LogP contribution in [0.5, 0.6) is 0 Å². The Morgan fingerprint density at radius 1 is 1.27 bits per heavy atom. The van der Waals surface area contributed by atoms with Crippen LogP contribution in [0.1, 0.15) is 34.1 Å². The van der Waals surface area contributed by atoms with Gasteiger partial charge >= 0.3 is 5.97 Å². The van der Waals surface area contributed by atoms with Gasteiger partial charge in [0.25, 0.3) is 0 Å². The number of carbonyl (C=O) groups is 1. The average Bonchev–Trinajstić information content (AvgIpc) is 2.74. The van der Waals surface area contributed by atoms with Gasteiger partial charge in [-0.25, -0.2) is 0 Å². The van der Waals surface area contributed by atoms with Crippen LogP contribution in [-0.4, -0.2) is 32.3 Å². The van der Waals surface area contributed by atoms with E-state index >= 15 is 0 Å². The lowest BCUT2D eigenvalue weighted by molar-refractivity contribution is -0.144. The van der Waals surface area contributed by atoms with Gasteiger partial charge < -0.3 is 5.11 Å². The molecule has 5 nitrogen and oxygen atoms in total. The highest BCUT2D eigenvalue weighted by Crippen LogP contribution is 2.31. The maximum Gasteiger partial charge on any atom is 0.325 e. The normalized spacial score (nSPS) is 16.3. The topological polar surface area (TPSA) is 58.4 Å². The van der Waals surface area contributed by atoms with E-state index in [2.05, 4.69) is 17.2 Å². The summed E-state index contributed by atoms with van der Waals surface area (Å²) in [4.78, 5) is 14.0. The van der Waals surface area contributed by atoms with Crippen molar-refractivity contribution in [2.45, 2.75) is 32.9 Å². The lowest BCUT2D eigenvalue weighted by Crippen LogP contribution is -2.38. The van der Waals surface area contributed by atoms with Crippen LogP contribution in [0.15, 0.2) is 24.3 Å². The zero-order valence-corrected chi connectivity index (χ0v) is 13.2. The molecule has 0 fully saturated rings. The minimum atomic E-state index is -0.807. The number of aryl methyl sites for hydroxylation is 2. The fraction of sp³-hybridized carbons (Fsp3) is 0.412. The molecule has 116 valence electrons. The third kappa shape index (κ3) is 2.41. The zero-order chi connectivity index (χ0) is 15.9. The van der Waals surface area contributed by atoms with E-state index in [-0.39, 0.29) is 0 Å². The Bertz CT molecular complexity index is 721. The molecule has 5 heteroatoms. The Labute approximate surface area is 130 Å². The van der Waals surface area contributed by atoms with E-state index in [1.165, 1.54) is 11.1 Å². The number of rotatable bonds is 3. The van der Waals surface area contributed by atoms with Crippen molar-refractivity contribution in [3.05, 3.63) is 52.3 Å². The van der Waals surface area contributed by atoms with Gasteiger partial charge in [0, 0.05) is 31.4 Å². The second kappa shape index (κ2) is 5.57. The fourth-order valence-electron chi connectivity index (χ4n) is 3.39. The fourth-order valence-corrected chi connectivity index (χ4v) is 3.39. The summed E-state index contributed by atoms with van der Waals surface area (Å²) >= 11 is 0. The average molecular weight is 299 g/mol. The second-order valence-electron chi connectivity index (χ2n) is 5.94. The van der Waals surface area contributed by atoms with Crippen molar-refractivity contribution in [3.8, 4) is 0 Å². The van der Waals surface area contributed by atoms with E-state index < -0.39 is 12.0 Å². The molecule has 1 N–H and O–H groups in total. The van der Waals surface area contributed by atoms with Crippen LogP contribution in [0.4, 0.5) is 0 Å². The first-order chi connectivity index (χ1) is 10.5. The van der Waals surface area contributed by atoms with Crippen molar-refractivity contribution in [1.82, 2.24) is 14.7 Å². The Balaban J connectivity index is 1.98. The summed E-state index contributed by atoms with van der Waals surface area (Å²) in [6.45, 7) is 5.24. The summed E-state index contributed by atoms with van der Waals surface area (Å²) < 4.78 is 1.76. The van der Waals surface area contributed by atoms with Gasteiger partial charge in [-0.15, -0.1) is 0 Å². The molecule has 3 rings (SSSR count). The molecule has 2 aromatic rings. The summed E-state index contributed by atoms with van der Waals surface area (Å²) in [7, 11) is 1.86. The molecule has 0 saturated carbocycles. The van der Waals surface area contributed by atoms with Crippen molar-refractivity contribution >= 4 is 5.97 Å². The van der Waals surface area contributed by atoms with E-state index in [0.717, 1.165) is 29.9 Å². The molecule has 1 aliphatic rings. The molecule has 0 amide bonds. The standard InChI is InChI=1S/C17H21N3O2/c1-11-15(12(2)19(3)18-11)16(17(21)22)20-9-8-13-6-4-5-7-14(13)10-20/h4-7,16H,8-10H2,1-3H3,(H,21,22)/t16-/m1/s1. The monoisotopic (exact) mass is 299 g/mol. The Hall–Kier alpha value is -2.14. The highest BCUT2D eigenvalue weighted by molar-refractivity contribution is 5.76. The van der Waals surface area contributed by atoms with Crippen molar-refractivity contribution in [2.75, 3.05) is 6.54 Å². The van der Waals surface area contributed by atoms with Crippen molar-refractivity contribution < 1.29 is 9.90 Å². The van der Waals surface area contributed by atoms with Gasteiger partial charge in [0.2, 0.25) is 0 Å². The second-order valence-corrected chi connectivity index (χ2v) is 5.94. The van der Waals surface area contributed by atoms with Crippen LogP contribution >= 0.6 is 0 Å². The van der Waals surface area contributed by atoms with Gasteiger partial charge in [0.15, 0.2) is 0 Å². The lowest BCUT2D eigenvalue weighted by Gasteiger charge is -2.33. The largest absolute Gasteiger partial charge is 0.480 e. The third-order valence-corrected chi connectivity index (χ3v) is 4.60. The predicted molar refractivity (Wildman–Crippen MR) is 83.6 cm³/mol. The first kappa shape index (κ1) is 14.8. The van der Waals surface area contributed by atoms with Crippen molar-refractivity contribution in [1.29, 1.82) is 0 Å². The Morgan fingerprint density at radius 2 is 1.95 bits per heavy atom. The van der Waals surface area contributed by atoms with Crippen LogP contribution in [0.25, 0.3) is 0 Å². The highest BCUT2D eigenvalue weighted by Gasteiger charge is 2.33. The van der Waals surface area contributed by atoms with Gasteiger partial charge in [0.05, 0.1) is 5.69 Å². The quantitative estimate of drug-likeness (QED) is 0.944. The molecule has 0 spiro atoms. The number of carboxylic acid groups (broad SMARTS) is 1. The number of hydrogen-bond acceptors (Lipinski definition) is 3. The highest BCUT2D eigenvalue weighted by atomic mass is 16.4. The van der Waals surface area contributed by atoms with Crippen molar-refractivity contribution in [2.24, 2.45) is 7.05 Å². The number of aliphatic carboxylic acids is 1. The van der Waals surface area contributed by atoms with Gasteiger partial charge in [-0.05, 0) is 31.4 Å². The van der Waals surface area contributed by atoms with E-state index in [1.807, 2.05) is 37.9 Å². The van der Waals surface area contributed by atoms with Gasteiger partial charge in [-0.3, -0.25) is 14.4 Å². The maximum absolute atomic E-state index is 11.9. The molecule has 0 bridgehead atoms. The van der Waals surface area contributed by atoms with Gasteiger partial charge in [-0.1, -0.05) is 24.3 Å². The Morgan fingerprint density at radius 3 is 2.55 bits per heavy atom. The van der Waals surface area contributed by atoms with E-state index in [1.54, 1.807) is 4.68 Å². The van der Waals surface area contributed by atoms with E-state index in [4.69, 9.17) is 0 Å². The molecule has 0 saturated heterocycles. The minimum Gasteiger partial charge on any atom is -0.480 e. The zero-order valence-electron chi connectivity index (χ0n) is 13.2. The summed E-state index contributed by atoms with van der Waals surface area (Å²) in [5.74, 6) is -0.807. The molecule has 1 aromatic heterocycles. The SMILES string of the molecule is Cc1nn(C)c(C)c1[C@H](C(=O)O)N1CCc2ccccc2C1. The summed E-state index contributed by atoms with van der Waals surface area (Å²) in [6.07, 6.45) is 0.887. The molecule has 1 aromatic carbocycles. The Kier molecular flexibility index (Phi) is 3.74. The lowest BCUT2D eigenvalue weighted by atomic mass is 9.95. The maximum atomic E-state index is 11.9. The van der Waals surface area contributed by atoms with Crippen molar-refractivity contribution in [3.63, 3.8) is 0 Å². The van der Waals surface area contributed by atoms with Gasteiger partial charge in [0.1, 0.15) is 6.04 Å². The van der Waals surface area contributed by atoms with E-state index in [0.29, 0.717) is 6.54 Å². The van der Waals surface area contributed by atoms with Crippen LogP contribution in [0.2, 0.25) is 0 Å². The molecule has 0 unspecified atom stereocenters. The van der Waals surface area contributed by atoms with Crippen LogP contribution < -0.4 is 0 Å².